The van der Waals surface area contributed by atoms with E-state index in [9.17, 15) is 24.8 Å². The minimum atomic E-state index is -2.16. The SMILES string of the molecule is C=C1OC(C)=C(COC(=O)Nc2ncnn3c([C@]4(C#N)O[C@H](COC(=O)[C@@H](N)Cc5ccccc5)[C@@H](OC(=O)CC5CCCCC5)[C@H]4O)ccc23)O1. The molecule has 1 amide bonds. The predicted molar refractivity (Wildman–Crippen MR) is 180 cm³/mol. The molecule has 1 aromatic carbocycles. The van der Waals surface area contributed by atoms with E-state index in [0.29, 0.717) is 5.76 Å². The summed E-state index contributed by atoms with van der Waals surface area (Å²) < 4.78 is 34.5. The minimum Gasteiger partial charge on any atom is -0.462 e. The Morgan fingerprint density at radius 2 is 1.92 bits per heavy atom. The Balaban J connectivity index is 1.21. The van der Waals surface area contributed by atoms with Crippen LogP contribution in [0.3, 0.4) is 0 Å². The average molecular weight is 717 g/mol. The number of nitrogens with zero attached hydrogens (tertiary/aromatic N) is 4. The third kappa shape index (κ3) is 7.86. The second-order valence-corrected chi connectivity index (χ2v) is 12.9. The van der Waals surface area contributed by atoms with Crippen LogP contribution in [0, 0.1) is 17.2 Å². The molecule has 5 atom stereocenters. The van der Waals surface area contributed by atoms with Crippen molar-refractivity contribution in [2.75, 3.05) is 18.5 Å². The highest BCUT2D eigenvalue weighted by molar-refractivity contribution is 5.88. The first-order valence-corrected chi connectivity index (χ1v) is 17.0. The van der Waals surface area contributed by atoms with Crippen LogP contribution in [0.25, 0.3) is 5.52 Å². The third-order valence-corrected chi connectivity index (χ3v) is 9.32. The molecule has 0 radical (unpaired) electrons. The number of nitriles is 1. The maximum absolute atomic E-state index is 13.2. The number of nitrogens with one attached hydrogen (secondary N) is 1. The zero-order valence-electron chi connectivity index (χ0n) is 28.6. The first kappa shape index (κ1) is 36.3. The number of aliphatic hydroxyl groups is 1. The van der Waals surface area contributed by atoms with Crippen LogP contribution in [-0.4, -0.2) is 75.3 Å². The molecule has 2 fully saturated rings. The van der Waals surface area contributed by atoms with Crippen LogP contribution in [0.4, 0.5) is 10.6 Å². The monoisotopic (exact) mass is 716 g/mol. The van der Waals surface area contributed by atoms with E-state index in [0.717, 1.165) is 44.0 Å². The molecule has 4 N–H and O–H groups in total. The Hall–Kier alpha value is -5.50. The number of carbonyl (C=O) groups excluding carboxylic acids is 3. The summed E-state index contributed by atoms with van der Waals surface area (Å²) in [5, 5.41) is 29.2. The van der Waals surface area contributed by atoms with E-state index in [1.54, 1.807) is 6.92 Å². The van der Waals surface area contributed by atoms with Crippen molar-refractivity contribution in [1.29, 1.82) is 5.26 Å². The Labute approximate surface area is 299 Å². The van der Waals surface area contributed by atoms with Crippen molar-refractivity contribution in [2.24, 2.45) is 11.7 Å². The zero-order valence-corrected chi connectivity index (χ0v) is 28.6. The summed E-state index contributed by atoms with van der Waals surface area (Å²) in [5.41, 5.74) is 5.06. The van der Waals surface area contributed by atoms with Crippen molar-refractivity contribution < 1.29 is 47.9 Å². The molecule has 4 heterocycles. The van der Waals surface area contributed by atoms with Gasteiger partial charge in [0.15, 0.2) is 24.3 Å². The number of rotatable bonds is 12. The molecule has 274 valence electrons. The molecule has 2 aliphatic heterocycles. The Kier molecular flexibility index (Phi) is 11.0. The number of amides is 1. The summed E-state index contributed by atoms with van der Waals surface area (Å²) in [4.78, 5) is 43.0. The first-order chi connectivity index (χ1) is 25.1. The Morgan fingerprint density at radius 3 is 2.63 bits per heavy atom. The van der Waals surface area contributed by atoms with Gasteiger partial charge in [-0.1, -0.05) is 49.6 Å². The lowest BCUT2D eigenvalue weighted by Crippen LogP contribution is -2.43. The smallest absolute Gasteiger partial charge is 0.413 e. The highest BCUT2D eigenvalue weighted by Gasteiger charge is 2.60. The highest BCUT2D eigenvalue weighted by atomic mass is 16.7. The zero-order chi connectivity index (χ0) is 36.8. The molecule has 2 aromatic heterocycles. The summed E-state index contributed by atoms with van der Waals surface area (Å²) in [7, 11) is 0. The quantitative estimate of drug-likeness (QED) is 0.181. The largest absolute Gasteiger partial charge is 0.462 e. The molecule has 0 unspecified atom stereocenters. The molecular weight excluding hydrogens is 676 g/mol. The lowest BCUT2D eigenvalue weighted by Gasteiger charge is -2.25. The van der Waals surface area contributed by atoms with Crippen molar-refractivity contribution in [2.45, 2.75) is 81.8 Å². The van der Waals surface area contributed by atoms with E-state index in [4.69, 9.17) is 34.2 Å². The fourth-order valence-corrected chi connectivity index (χ4v) is 6.65. The van der Waals surface area contributed by atoms with Crippen molar-refractivity contribution in [3.05, 3.63) is 84.1 Å². The number of carbonyl (C=O) groups is 3. The fourth-order valence-electron chi connectivity index (χ4n) is 6.65. The van der Waals surface area contributed by atoms with Gasteiger partial charge in [-0.15, -0.1) is 0 Å². The van der Waals surface area contributed by atoms with E-state index in [1.165, 1.54) is 16.6 Å². The van der Waals surface area contributed by atoms with E-state index >= 15 is 0 Å². The molecule has 0 spiro atoms. The molecule has 1 saturated heterocycles. The standard InChI is InChI=1S/C36H40N6O10/c1-21-27(50-22(2)49-21)17-48-35(46)41-33-26-13-14-29(42(26)40-20-39-33)36(19-37)32(44)31(51-30(43)16-24-11-7-4-8-12-24)28(52-36)18-47-34(45)25(38)15-23-9-5-3-6-10-23/h3,5-6,9-10,13-14,20,24-25,28,31-32,44H,2,4,7-8,11-12,15-18,38H2,1H3,(H,39,40,41,46)/t25-,28+,31+,32+,36-/m0/s1. The highest BCUT2D eigenvalue weighted by Crippen LogP contribution is 2.42. The van der Waals surface area contributed by atoms with Gasteiger partial charge >= 0.3 is 18.0 Å². The summed E-state index contributed by atoms with van der Waals surface area (Å²) in [6.07, 6.45) is 1.10. The van der Waals surface area contributed by atoms with E-state index in [2.05, 4.69) is 22.0 Å². The Morgan fingerprint density at radius 1 is 1.15 bits per heavy atom. The number of aromatic nitrogens is 3. The Bertz CT molecular complexity index is 1880. The van der Waals surface area contributed by atoms with Gasteiger partial charge in [-0.3, -0.25) is 14.9 Å². The van der Waals surface area contributed by atoms with Gasteiger partial charge in [-0.25, -0.2) is 14.3 Å². The lowest BCUT2D eigenvalue weighted by molar-refractivity contribution is -0.161. The number of anilines is 1. The average Bonchev–Trinajstić information content (AvgIpc) is 3.80. The van der Waals surface area contributed by atoms with Gasteiger partial charge in [0.1, 0.15) is 48.5 Å². The molecule has 52 heavy (non-hydrogen) atoms. The van der Waals surface area contributed by atoms with Crippen molar-refractivity contribution in [3.8, 4) is 6.07 Å². The van der Waals surface area contributed by atoms with Gasteiger partial charge in [0.2, 0.25) is 5.60 Å². The van der Waals surface area contributed by atoms with Crippen molar-refractivity contribution in [3.63, 3.8) is 0 Å². The molecular formula is C36H40N6O10. The second kappa shape index (κ2) is 15.8. The second-order valence-electron chi connectivity index (χ2n) is 12.9. The summed E-state index contributed by atoms with van der Waals surface area (Å²) in [6, 6.07) is 13.2. The maximum atomic E-state index is 13.2. The third-order valence-electron chi connectivity index (χ3n) is 9.32. The molecule has 3 aliphatic rings. The maximum Gasteiger partial charge on any atom is 0.413 e. The summed E-state index contributed by atoms with van der Waals surface area (Å²) >= 11 is 0. The van der Waals surface area contributed by atoms with Crippen LogP contribution in [0.5, 0.6) is 0 Å². The number of aliphatic hydroxyl groups excluding tert-OH is 1. The van der Waals surface area contributed by atoms with Crippen LogP contribution < -0.4 is 11.1 Å². The molecule has 16 nitrogen and oxygen atoms in total. The number of allylic oxidation sites excluding steroid dienone is 1. The predicted octanol–water partition coefficient (Wildman–Crippen LogP) is 3.50. The van der Waals surface area contributed by atoms with Gasteiger partial charge in [0.25, 0.3) is 5.95 Å². The number of hydrogen-bond acceptors (Lipinski definition) is 14. The van der Waals surface area contributed by atoms with Crippen LogP contribution >= 0.6 is 0 Å². The number of fused-ring (bicyclic) bond motifs is 1. The number of benzene rings is 1. The van der Waals surface area contributed by atoms with Crippen LogP contribution in [0.1, 0.15) is 56.7 Å². The molecule has 0 bridgehead atoms. The number of esters is 2. The van der Waals surface area contributed by atoms with E-state index in [1.807, 2.05) is 36.4 Å². The molecule has 6 rings (SSSR count). The number of ether oxygens (including phenoxy) is 6. The van der Waals surface area contributed by atoms with Gasteiger partial charge < -0.3 is 39.3 Å². The first-order valence-electron chi connectivity index (χ1n) is 17.0. The molecule has 16 heteroatoms. The van der Waals surface area contributed by atoms with Gasteiger partial charge in [-0.2, -0.15) is 10.4 Å². The van der Waals surface area contributed by atoms with Crippen molar-refractivity contribution >= 4 is 29.4 Å². The van der Waals surface area contributed by atoms with Gasteiger partial charge in [0, 0.05) is 6.42 Å². The summed E-state index contributed by atoms with van der Waals surface area (Å²) in [5.74, 6) is -0.426. The lowest BCUT2D eigenvalue weighted by atomic mass is 9.87. The fraction of sp³-hybridized carbons (Fsp3) is 0.444. The van der Waals surface area contributed by atoms with E-state index < -0.39 is 54.6 Å². The number of nitrogens with two attached hydrogens (primary N) is 1. The van der Waals surface area contributed by atoms with E-state index in [-0.39, 0.29) is 54.1 Å². The molecule has 3 aromatic rings. The summed E-state index contributed by atoms with van der Waals surface area (Å²) in [6.45, 7) is 4.47. The molecule has 1 saturated carbocycles. The number of hydrogen-bond donors (Lipinski definition) is 3. The molecule has 1 aliphatic carbocycles. The van der Waals surface area contributed by atoms with Crippen molar-refractivity contribution in [1.82, 2.24) is 14.6 Å². The van der Waals surface area contributed by atoms with Crippen LogP contribution in [0.2, 0.25) is 0 Å². The van der Waals surface area contributed by atoms with Crippen LogP contribution in [-0.2, 0) is 50.0 Å². The minimum absolute atomic E-state index is 0.0128. The normalized spacial score (nSPS) is 23.7. The van der Waals surface area contributed by atoms with Gasteiger partial charge in [-0.05, 0) is 56.4 Å². The van der Waals surface area contributed by atoms with Gasteiger partial charge in [0.05, 0.1) is 5.69 Å². The topological polar surface area (TPSA) is 219 Å². The van der Waals surface area contributed by atoms with Crippen LogP contribution in [0.15, 0.2) is 72.8 Å².